The highest BCUT2D eigenvalue weighted by Crippen LogP contribution is 2.28. The Morgan fingerprint density at radius 3 is 2.06 bits per heavy atom. The Bertz CT molecular complexity index is 430. The van der Waals surface area contributed by atoms with Gasteiger partial charge < -0.3 is 5.32 Å². The number of benzene rings is 1. The molecule has 5 nitrogen and oxygen atoms in total. The number of nitro groups is 1. The summed E-state index contributed by atoms with van der Waals surface area (Å²) in [6, 6.07) is 3.04. The van der Waals surface area contributed by atoms with E-state index in [-0.39, 0.29) is 11.6 Å². The number of nitro benzene ring substituents is 1. The van der Waals surface area contributed by atoms with E-state index in [0.29, 0.717) is 18.5 Å². The third-order valence-electron chi connectivity index (χ3n) is 2.56. The van der Waals surface area contributed by atoms with Gasteiger partial charge >= 0.3 is 0 Å². The molecule has 1 aromatic carbocycles. The minimum atomic E-state index is -0.407. The molecule has 1 aromatic rings. The van der Waals surface area contributed by atoms with E-state index in [9.17, 15) is 14.9 Å². The first kappa shape index (κ1) is 13.2. The van der Waals surface area contributed by atoms with Crippen LogP contribution in [0, 0.1) is 10.1 Å². The molecule has 0 aromatic heterocycles. The Morgan fingerprint density at radius 2 is 1.76 bits per heavy atom. The topological polar surface area (TPSA) is 72.2 Å². The van der Waals surface area contributed by atoms with Gasteiger partial charge in [0.25, 0.3) is 5.69 Å². The number of nitrogens with one attached hydrogen (secondary N) is 1. The number of rotatable bonds is 4. The van der Waals surface area contributed by atoms with E-state index in [4.69, 9.17) is 0 Å². The van der Waals surface area contributed by atoms with E-state index in [0.717, 1.165) is 11.1 Å². The monoisotopic (exact) mass is 236 g/mol. The molecule has 92 valence electrons. The molecule has 0 fully saturated rings. The summed E-state index contributed by atoms with van der Waals surface area (Å²) < 4.78 is 0. The molecular weight excluding hydrogens is 220 g/mol. The summed E-state index contributed by atoms with van der Waals surface area (Å²) >= 11 is 0. The first-order valence-corrected chi connectivity index (χ1v) is 5.57. The van der Waals surface area contributed by atoms with Crippen molar-refractivity contribution in [1.29, 1.82) is 0 Å². The minimum Gasteiger partial charge on any atom is -0.326 e. The first-order chi connectivity index (χ1) is 7.99. The van der Waals surface area contributed by atoms with Crippen LogP contribution in [0.15, 0.2) is 12.1 Å². The van der Waals surface area contributed by atoms with Gasteiger partial charge in [0.15, 0.2) is 0 Å². The number of non-ortho nitro benzene ring substituents is 1. The molecular formula is C12H16N2O3. The SMILES string of the molecule is CCc1cc([N+](=O)[O-])cc(CC)c1NC(C)=O. The van der Waals surface area contributed by atoms with Crippen LogP contribution in [0.5, 0.6) is 0 Å². The van der Waals surface area contributed by atoms with Crippen LogP contribution in [-0.4, -0.2) is 10.8 Å². The van der Waals surface area contributed by atoms with Crippen molar-refractivity contribution in [3.8, 4) is 0 Å². The van der Waals surface area contributed by atoms with Crippen LogP contribution in [0.2, 0.25) is 0 Å². The highest BCUT2D eigenvalue weighted by molar-refractivity contribution is 5.90. The molecule has 0 spiro atoms. The number of carbonyl (C=O) groups excluding carboxylic acids is 1. The molecule has 0 saturated heterocycles. The van der Waals surface area contributed by atoms with Crippen molar-refractivity contribution in [3.63, 3.8) is 0 Å². The summed E-state index contributed by atoms with van der Waals surface area (Å²) in [4.78, 5) is 21.5. The van der Waals surface area contributed by atoms with Crippen LogP contribution in [0.1, 0.15) is 31.9 Å². The van der Waals surface area contributed by atoms with Gasteiger partial charge in [0, 0.05) is 24.7 Å². The number of carbonyl (C=O) groups is 1. The molecule has 1 amide bonds. The summed E-state index contributed by atoms with van der Waals surface area (Å²) in [6.07, 6.45) is 1.29. The number of anilines is 1. The number of hydrogen-bond donors (Lipinski definition) is 1. The van der Waals surface area contributed by atoms with Gasteiger partial charge in [0.2, 0.25) is 5.91 Å². The third kappa shape index (κ3) is 3.03. The van der Waals surface area contributed by atoms with Gasteiger partial charge in [-0.2, -0.15) is 0 Å². The van der Waals surface area contributed by atoms with Gasteiger partial charge in [-0.05, 0) is 24.0 Å². The molecule has 0 saturated carbocycles. The van der Waals surface area contributed by atoms with E-state index in [1.807, 2.05) is 13.8 Å². The number of nitrogens with zero attached hydrogens (tertiary/aromatic N) is 1. The third-order valence-corrected chi connectivity index (χ3v) is 2.56. The van der Waals surface area contributed by atoms with Crippen LogP contribution in [0.3, 0.4) is 0 Å². The molecule has 0 atom stereocenters. The molecule has 0 aliphatic heterocycles. The second-order valence-electron chi connectivity index (χ2n) is 3.78. The number of aryl methyl sites for hydroxylation is 2. The summed E-state index contributed by atoms with van der Waals surface area (Å²) in [5.41, 5.74) is 2.39. The Kier molecular flexibility index (Phi) is 4.20. The summed E-state index contributed by atoms with van der Waals surface area (Å²) in [5, 5.41) is 13.5. The minimum absolute atomic E-state index is 0.0767. The largest absolute Gasteiger partial charge is 0.326 e. The van der Waals surface area contributed by atoms with E-state index in [1.54, 1.807) is 0 Å². The maximum Gasteiger partial charge on any atom is 0.270 e. The smallest absolute Gasteiger partial charge is 0.270 e. The Hall–Kier alpha value is -1.91. The van der Waals surface area contributed by atoms with Crippen LogP contribution >= 0.6 is 0 Å². The molecule has 1 N–H and O–H groups in total. The fourth-order valence-corrected chi connectivity index (χ4v) is 1.75. The van der Waals surface area contributed by atoms with Crippen molar-refractivity contribution in [2.75, 3.05) is 5.32 Å². The zero-order valence-electron chi connectivity index (χ0n) is 10.2. The number of hydrogen-bond acceptors (Lipinski definition) is 3. The normalized spacial score (nSPS) is 10.1. The average Bonchev–Trinajstić information content (AvgIpc) is 2.28. The highest BCUT2D eigenvalue weighted by Gasteiger charge is 2.15. The fourth-order valence-electron chi connectivity index (χ4n) is 1.75. The maximum atomic E-state index is 11.1. The quantitative estimate of drug-likeness (QED) is 0.645. The summed E-state index contributed by atoms with van der Waals surface area (Å²) in [6.45, 7) is 5.24. The second-order valence-corrected chi connectivity index (χ2v) is 3.78. The zero-order valence-corrected chi connectivity index (χ0v) is 10.2. The lowest BCUT2D eigenvalue weighted by Gasteiger charge is -2.13. The van der Waals surface area contributed by atoms with Gasteiger partial charge in [-0.15, -0.1) is 0 Å². The molecule has 0 bridgehead atoms. The molecule has 0 aliphatic carbocycles. The highest BCUT2D eigenvalue weighted by atomic mass is 16.6. The van der Waals surface area contributed by atoms with Crippen molar-refractivity contribution < 1.29 is 9.72 Å². The van der Waals surface area contributed by atoms with E-state index in [1.165, 1.54) is 19.1 Å². The lowest BCUT2D eigenvalue weighted by atomic mass is 10.0. The molecule has 0 unspecified atom stereocenters. The van der Waals surface area contributed by atoms with Crippen molar-refractivity contribution in [3.05, 3.63) is 33.4 Å². The van der Waals surface area contributed by atoms with E-state index in [2.05, 4.69) is 5.32 Å². The molecule has 1 rings (SSSR count). The lowest BCUT2D eigenvalue weighted by molar-refractivity contribution is -0.385. The van der Waals surface area contributed by atoms with Crippen molar-refractivity contribution in [1.82, 2.24) is 0 Å². The molecule has 17 heavy (non-hydrogen) atoms. The lowest BCUT2D eigenvalue weighted by Crippen LogP contribution is -2.11. The fraction of sp³-hybridized carbons (Fsp3) is 0.417. The van der Waals surface area contributed by atoms with Crippen molar-refractivity contribution in [2.45, 2.75) is 33.6 Å². The molecule has 0 aliphatic rings. The maximum absolute atomic E-state index is 11.1. The van der Waals surface area contributed by atoms with Gasteiger partial charge in [-0.25, -0.2) is 0 Å². The Labute approximate surface area is 100.0 Å². The molecule has 0 heterocycles. The zero-order chi connectivity index (χ0) is 13.0. The van der Waals surface area contributed by atoms with Gasteiger partial charge in [0.05, 0.1) is 4.92 Å². The van der Waals surface area contributed by atoms with Gasteiger partial charge in [-0.3, -0.25) is 14.9 Å². The van der Waals surface area contributed by atoms with Crippen LogP contribution in [0.25, 0.3) is 0 Å². The molecule has 5 heteroatoms. The summed E-state index contributed by atoms with van der Waals surface area (Å²) in [5.74, 6) is -0.164. The summed E-state index contributed by atoms with van der Waals surface area (Å²) in [7, 11) is 0. The number of amides is 1. The van der Waals surface area contributed by atoms with E-state index < -0.39 is 4.92 Å². The first-order valence-electron chi connectivity index (χ1n) is 5.57. The van der Waals surface area contributed by atoms with Crippen LogP contribution in [-0.2, 0) is 17.6 Å². The van der Waals surface area contributed by atoms with Gasteiger partial charge in [0.1, 0.15) is 0 Å². The van der Waals surface area contributed by atoms with E-state index >= 15 is 0 Å². The average molecular weight is 236 g/mol. The standard InChI is InChI=1S/C12H16N2O3/c1-4-9-6-11(14(16)17)7-10(5-2)12(9)13-8(3)15/h6-7H,4-5H2,1-3H3,(H,13,15). The Morgan fingerprint density at radius 1 is 1.29 bits per heavy atom. The van der Waals surface area contributed by atoms with Gasteiger partial charge in [-0.1, -0.05) is 13.8 Å². The predicted molar refractivity (Wildman–Crippen MR) is 66.2 cm³/mol. The van der Waals surface area contributed by atoms with Crippen molar-refractivity contribution >= 4 is 17.3 Å². The molecule has 0 radical (unpaired) electrons. The Balaban J connectivity index is 3.35. The van der Waals surface area contributed by atoms with Crippen molar-refractivity contribution in [2.24, 2.45) is 0 Å². The second kappa shape index (κ2) is 5.43. The van der Waals surface area contributed by atoms with Crippen LogP contribution in [0.4, 0.5) is 11.4 Å². The predicted octanol–water partition coefficient (Wildman–Crippen LogP) is 2.68. The van der Waals surface area contributed by atoms with Crippen LogP contribution < -0.4 is 5.32 Å².